The van der Waals surface area contributed by atoms with Gasteiger partial charge in [0.15, 0.2) is 0 Å². The average molecular weight is 459 g/mol. The van der Waals surface area contributed by atoms with Crippen LogP contribution in [0.25, 0.3) is 27.0 Å². The van der Waals surface area contributed by atoms with Gasteiger partial charge in [-0.05, 0) is 37.6 Å². The summed E-state index contributed by atoms with van der Waals surface area (Å²) in [4.78, 5) is 19.5. The number of carbonyl (C=O) groups is 1. The molecular formula is C25H26N6OS. The first-order chi connectivity index (χ1) is 15.5. The van der Waals surface area contributed by atoms with Crippen LogP contribution in [0.5, 0.6) is 0 Å². The van der Waals surface area contributed by atoms with Crippen LogP contribution < -0.4 is 5.32 Å². The van der Waals surface area contributed by atoms with Crippen molar-refractivity contribution in [2.45, 2.75) is 27.8 Å². The van der Waals surface area contributed by atoms with Gasteiger partial charge < -0.3 is 5.32 Å². The number of amides is 1. The van der Waals surface area contributed by atoms with E-state index in [1.807, 2.05) is 56.7 Å². The number of pyridine rings is 1. The van der Waals surface area contributed by atoms with Crippen molar-refractivity contribution in [3.8, 4) is 16.8 Å². The molecule has 0 spiro atoms. The second kappa shape index (κ2) is 8.99. The third-order valence-corrected chi connectivity index (χ3v) is 6.38. The van der Waals surface area contributed by atoms with E-state index in [1.54, 1.807) is 21.8 Å². The molecule has 0 radical (unpaired) electrons. The Morgan fingerprint density at radius 3 is 2.61 bits per heavy atom. The number of aromatic nitrogens is 5. The number of rotatable bonds is 5. The van der Waals surface area contributed by atoms with E-state index in [0.29, 0.717) is 11.4 Å². The molecule has 0 aliphatic heterocycles. The van der Waals surface area contributed by atoms with Gasteiger partial charge in [-0.15, -0.1) is 11.3 Å². The monoisotopic (exact) mass is 458 g/mol. The first kappa shape index (κ1) is 22.4. The van der Waals surface area contributed by atoms with Gasteiger partial charge in [0.1, 0.15) is 9.71 Å². The molecule has 8 heteroatoms. The Kier molecular flexibility index (Phi) is 6.11. The summed E-state index contributed by atoms with van der Waals surface area (Å²) in [5.74, 6) is -0.128. The SMILES string of the molecule is C.Cc1cc(C)c2c(-c3cnn(C)c3)c(C(=O)NCc3cnn(-c4ccccc4)c3)sc2n1. The molecule has 0 bridgehead atoms. The molecule has 0 unspecified atom stereocenters. The van der Waals surface area contributed by atoms with Crippen LogP contribution in [0.3, 0.4) is 0 Å². The highest BCUT2D eigenvalue weighted by Gasteiger charge is 2.23. The standard InChI is InChI=1S/C24H22N6OS.CH4/c1-15-9-16(2)28-24-20(15)21(18-12-26-29(3)14-18)22(32-24)23(31)25-10-17-11-27-30(13-17)19-7-5-4-6-8-19;/h4-9,11-14H,10H2,1-3H3,(H,25,31);1H4. The van der Waals surface area contributed by atoms with Crippen LogP contribution in [0.4, 0.5) is 0 Å². The number of benzene rings is 1. The van der Waals surface area contributed by atoms with Gasteiger partial charge in [0.2, 0.25) is 0 Å². The van der Waals surface area contributed by atoms with Crippen molar-refractivity contribution in [3.05, 3.63) is 82.9 Å². The summed E-state index contributed by atoms with van der Waals surface area (Å²) in [6.45, 7) is 4.42. The normalized spacial score (nSPS) is 10.9. The number of fused-ring (bicyclic) bond motifs is 1. The van der Waals surface area contributed by atoms with Crippen molar-refractivity contribution >= 4 is 27.5 Å². The lowest BCUT2D eigenvalue weighted by Crippen LogP contribution is -2.22. The van der Waals surface area contributed by atoms with Gasteiger partial charge in [-0.1, -0.05) is 25.6 Å². The lowest BCUT2D eigenvalue weighted by Gasteiger charge is -2.06. The molecule has 0 aliphatic carbocycles. The second-order valence-corrected chi connectivity index (χ2v) is 8.78. The topological polar surface area (TPSA) is 77.6 Å². The Balaban J connectivity index is 0.00000259. The predicted octanol–water partition coefficient (Wildman–Crippen LogP) is 5.07. The maximum Gasteiger partial charge on any atom is 0.262 e. The first-order valence-corrected chi connectivity index (χ1v) is 11.1. The quantitative estimate of drug-likeness (QED) is 0.399. The number of thiophene rings is 1. The summed E-state index contributed by atoms with van der Waals surface area (Å²) in [6.07, 6.45) is 7.43. The van der Waals surface area contributed by atoms with E-state index < -0.39 is 0 Å². The molecule has 0 saturated carbocycles. The molecule has 168 valence electrons. The van der Waals surface area contributed by atoms with Crippen LogP contribution in [-0.2, 0) is 13.6 Å². The molecule has 33 heavy (non-hydrogen) atoms. The zero-order chi connectivity index (χ0) is 22.2. The van der Waals surface area contributed by atoms with Gasteiger partial charge in [-0.3, -0.25) is 9.48 Å². The number of hydrogen-bond donors (Lipinski definition) is 1. The highest BCUT2D eigenvalue weighted by Crippen LogP contribution is 2.39. The fourth-order valence-electron chi connectivity index (χ4n) is 3.86. The van der Waals surface area contributed by atoms with Gasteiger partial charge in [0.05, 0.1) is 18.1 Å². The molecule has 0 atom stereocenters. The molecule has 0 fully saturated rings. The van der Waals surface area contributed by atoms with Gasteiger partial charge in [0, 0.05) is 53.8 Å². The molecule has 1 N–H and O–H groups in total. The van der Waals surface area contributed by atoms with Crippen LogP contribution in [0.2, 0.25) is 0 Å². The van der Waals surface area contributed by atoms with Gasteiger partial charge in [-0.25, -0.2) is 9.67 Å². The van der Waals surface area contributed by atoms with E-state index in [0.717, 1.165) is 43.9 Å². The fourth-order valence-corrected chi connectivity index (χ4v) is 5.10. The first-order valence-electron chi connectivity index (χ1n) is 10.3. The van der Waals surface area contributed by atoms with Crippen LogP contribution in [0.15, 0.2) is 61.2 Å². The number of hydrogen-bond acceptors (Lipinski definition) is 5. The highest BCUT2D eigenvalue weighted by molar-refractivity contribution is 7.21. The molecule has 5 rings (SSSR count). The number of carbonyl (C=O) groups excluding carboxylic acids is 1. The van der Waals surface area contributed by atoms with Crippen molar-refractivity contribution < 1.29 is 4.79 Å². The van der Waals surface area contributed by atoms with Crippen molar-refractivity contribution in [1.82, 2.24) is 29.9 Å². The molecule has 4 aromatic heterocycles. The summed E-state index contributed by atoms with van der Waals surface area (Å²) in [7, 11) is 1.87. The largest absolute Gasteiger partial charge is 0.347 e. The third kappa shape index (κ3) is 4.29. The summed E-state index contributed by atoms with van der Waals surface area (Å²) in [5.41, 5.74) is 5.75. The Hall–Kier alpha value is -3.78. The minimum absolute atomic E-state index is 0. The van der Waals surface area contributed by atoms with Crippen molar-refractivity contribution in [2.24, 2.45) is 7.05 Å². The maximum absolute atomic E-state index is 13.3. The Morgan fingerprint density at radius 2 is 1.88 bits per heavy atom. The van der Waals surface area contributed by atoms with Crippen molar-refractivity contribution in [1.29, 1.82) is 0 Å². The fraction of sp³-hybridized carbons (Fsp3) is 0.200. The van der Waals surface area contributed by atoms with Crippen LogP contribution in [-0.4, -0.2) is 30.5 Å². The van der Waals surface area contributed by atoms with Crippen LogP contribution in [0, 0.1) is 13.8 Å². The minimum Gasteiger partial charge on any atom is -0.347 e. The second-order valence-electron chi connectivity index (χ2n) is 7.78. The zero-order valence-corrected chi connectivity index (χ0v) is 18.8. The van der Waals surface area contributed by atoms with E-state index in [4.69, 9.17) is 0 Å². The molecule has 5 aromatic rings. The van der Waals surface area contributed by atoms with Gasteiger partial charge in [-0.2, -0.15) is 10.2 Å². The summed E-state index contributed by atoms with van der Waals surface area (Å²) >= 11 is 1.42. The van der Waals surface area contributed by atoms with Crippen molar-refractivity contribution in [2.75, 3.05) is 0 Å². The molecule has 0 saturated heterocycles. The van der Waals surface area contributed by atoms with Crippen molar-refractivity contribution in [3.63, 3.8) is 0 Å². The Labute approximate surface area is 196 Å². The third-order valence-electron chi connectivity index (χ3n) is 5.30. The molecule has 0 aliphatic rings. The molecule has 1 amide bonds. The van der Waals surface area contributed by atoms with Crippen LogP contribution >= 0.6 is 11.3 Å². The Bertz CT molecular complexity index is 1430. The van der Waals surface area contributed by atoms with Gasteiger partial charge >= 0.3 is 0 Å². The smallest absolute Gasteiger partial charge is 0.262 e. The number of nitrogens with one attached hydrogen (secondary N) is 1. The lowest BCUT2D eigenvalue weighted by atomic mass is 10.0. The van der Waals surface area contributed by atoms with Crippen LogP contribution in [0.1, 0.15) is 33.9 Å². The molecule has 7 nitrogen and oxygen atoms in total. The highest BCUT2D eigenvalue weighted by atomic mass is 32.1. The van der Waals surface area contributed by atoms with E-state index >= 15 is 0 Å². The molecule has 1 aromatic carbocycles. The van der Waals surface area contributed by atoms with E-state index in [2.05, 4.69) is 33.5 Å². The predicted molar refractivity (Wildman–Crippen MR) is 133 cm³/mol. The molecular weight excluding hydrogens is 432 g/mol. The summed E-state index contributed by atoms with van der Waals surface area (Å²) in [6, 6.07) is 11.9. The number of para-hydroxylation sites is 1. The maximum atomic E-state index is 13.3. The average Bonchev–Trinajstić information content (AvgIpc) is 3.50. The molecule has 4 heterocycles. The number of aryl methyl sites for hydroxylation is 3. The van der Waals surface area contributed by atoms with E-state index in [9.17, 15) is 4.79 Å². The lowest BCUT2D eigenvalue weighted by molar-refractivity contribution is 0.0955. The van der Waals surface area contributed by atoms with Gasteiger partial charge in [0.25, 0.3) is 5.91 Å². The zero-order valence-electron chi connectivity index (χ0n) is 18.0. The number of nitrogens with zero attached hydrogens (tertiary/aromatic N) is 5. The summed E-state index contributed by atoms with van der Waals surface area (Å²) in [5, 5.41) is 12.8. The summed E-state index contributed by atoms with van der Waals surface area (Å²) < 4.78 is 3.55. The Morgan fingerprint density at radius 1 is 1.09 bits per heavy atom. The van der Waals surface area contributed by atoms with E-state index in [1.165, 1.54) is 11.3 Å². The minimum atomic E-state index is -0.128. The van der Waals surface area contributed by atoms with E-state index in [-0.39, 0.29) is 13.3 Å².